The molecule has 1 aromatic heterocycles. The molecule has 1 amide bonds. The average Bonchev–Trinajstić information content (AvgIpc) is 2.42. The summed E-state index contributed by atoms with van der Waals surface area (Å²) >= 11 is 6.03. The summed E-state index contributed by atoms with van der Waals surface area (Å²) in [6.45, 7) is 0. The molecule has 0 unspecified atom stereocenters. The molecule has 1 saturated carbocycles. The zero-order valence-electron chi connectivity index (χ0n) is 10.7. The third-order valence-electron chi connectivity index (χ3n) is 3.37. The topological polar surface area (TPSA) is 90.1 Å². The Morgan fingerprint density at radius 3 is 2.74 bits per heavy atom. The third-order valence-corrected chi connectivity index (χ3v) is 3.65. The third kappa shape index (κ3) is 3.47. The molecule has 7 heteroatoms. The molecule has 19 heavy (non-hydrogen) atoms. The van der Waals surface area contributed by atoms with Crippen LogP contribution in [0.15, 0.2) is 6.20 Å². The van der Waals surface area contributed by atoms with Crippen LogP contribution in [0.2, 0.25) is 5.02 Å². The number of aromatic nitrogens is 2. The fourth-order valence-corrected chi connectivity index (χ4v) is 2.41. The van der Waals surface area contributed by atoms with Gasteiger partial charge in [-0.25, -0.2) is 4.98 Å². The van der Waals surface area contributed by atoms with E-state index in [2.05, 4.69) is 15.3 Å². The molecule has 0 aliphatic heterocycles. The molecule has 0 spiro atoms. The van der Waals surface area contributed by atoms with Gasteiger partial charge in [0.2, 0.25) is 5.91 Å². The lowest BCUT2D eigenvalue weighted by Gasteiger charge is -2.27. The minimum absolute atomic E-state index is 0.00606. The highest BCUT2D eigenvalue weighted by molar-refractivity contribution is 6.32. The van der Waals surface area contributed by atoms with Crippen LogP contribution >= 0.6 is 11.6 Å². The summed E-state index contributed by atoms with van der Waals surface area (Å²) in [6.07, 6.45) is 4.84. The van der Waals surface area contributed by atoms with E-state index in [9.17, 15) is 4.79 Å². The summed E-state index contributed by atoms with van der Waals surface area (Å²) in [4.78, 5) is 19.2. The van der Waals surface area contributed by atoms with Crippen molar-refractivity contribution in [2.45, 2.75) is 31.7 Å². The summed E-state index contributed by atoms with van der Waals surface area (Å²) in [7, 11) is 1.51. The zero-order valence-corrected chi connectivity index (χ0v) is 11.5. The van der Waals surface area contributed by atoms with Crippen LogP contribution in [-0.4, -0.2) is 29.0 Å². The van der Waals surface area contributed by atoms with Crippen molar-refractivity contribution < 1.29 is 9.53 Å². The number of ether oxygens (including phenoxy) is 1. The van der Waals surface area contributed by atoms with Crippen molar-refractivity contribution in [3.8, 4) is 6.01 Å². The number of nitrogens with zero attached hydrogens (tertiary/aromatic N) is 2. The van der Waals surface area contributed by atoms with Crippen molar-refractivity contribution in [3.05, 3.63) is 11.2 Å². The molecule has 1 fully saturated rings. The molecule has 0 radical (unpaired) electrons. The standard InChI is InChI=1S/C12H17ClN4O2/c1-19-12-15-6-9(13)11(17-12)16-8-4-2-7(3-5-8)10(14)18/h6-8H,2-5H2,1H3,(H2,14,18)(H,15,16,17). The molecule has 1 aliphatic rings. The quantitative estimate of drug-likeness (QED) is 0.876. The van der Waals surface area contributed by atoms with Gasteiger partial charge in [0, 0.05) is 12.0 Å². The number of nitrogens with one attached hydrogen (secondary N) is 1. The van der Waals surface area contributed by atoms with Crippen molar-refractivity contribution in [1.29, 1.82) is 0 Å². The second-order valence-electron chi connectivity index (χ2n) is 4.65. The number of carbonyl (C=O) groups excluding carboxylic acids is 1. The van der Waals surface area contributed by atoms with Crippen molar-refractivity contribution in [2.75, 3.05) is 12.4 Å². The smallest absolute Gasteiger partial charge is 0.318 e. The maximum atomic E-state index is 11.1. The van der Waals surface area contributed by atoms with E-state index in [0.717, 1.165) is 25.7 Å². The Bertz CT molecular complexity index is 461. The van der Waals surface area contributed by atoms with E-state index in [1.807, 2.05) is 0 Å². The highest BCUT2D eigenvalue weighted by Crippen LogP contribution is 2.28. The number of nitrogens with two attached hydrogens (primary N) is 1. The molecular weight excluding hydrogens is 268 g/mol. The Morgan fingerprint density at radius 2 is 2.16 bits per heavy atom. The van der Waals surface area contributed by atoms with Crippen molar-refractivity contribution in [3.63, 3.8) is 0 Å². The van der Waals surface area contributed by atoms with Gasteiger partial charge < -0.3 is 15.8 Å². The molecule has 0 saturated heterocycles. The van der Waals surface area contributed by atoms with E-state index in [-0.39, 0.29) is 23.9 Å². The van der Waals surface area contributed by atoms with Gasteiger partial charge in [-0.05, 0) is 25.7 Å². The lowest BCUT2D eigenvalue weighted by Crippen LogP contribution is -2.32. The lowest BCUT2D eigenvalue weighted by molar-refractivity contribution is -0.122. The summed E-state index contributed by atoms with van der Waals surface area (Å²) < 4.78 is 4.97. The average molecular weight is 285 g/mol. The number of hydrogen-bond acceptors (Lipinski definition) is 5. The molecule has 0 aromatic carbocycles. The van der Waals surface area contributed by atoms with E-state index in [0.29, 0.717) is 10.8 Å². The molecule has 0 bridgehead atoms. The minimum Gasteiger partial charge on any atom is -0.467 e. The van der Waals surface area contributed by atoms with Gasteiger partial charge in [0.15, 0.2) is 5.82 Å². The van der Waals surface area contributed by atoms with Crippen LogP contribution in [0.25, 0.3) is 0 Å². The van der Waals surface area contributed by atoms with Crippen LogP contribution < -0.4 is 15.8 Å². The van der Waals surface area contributed by atoms with E-state index < -0.39 is 0 Å². The maximum Gasteiger partial charge on any atom is 0.318 e. The first-order chi connectivity index (χ1) is 9.10. The molecule has 1 heterocycles. The second-order valence-corrected chi connectivity index (χ2v) is 5.06. The van der Waals surface area contributed by atoms with Crippen molar-refractivity contribution >= 4 is 23.3 Å². The Morgan fingerprint density at radius 1 is 1.47 bits per heavy atom. The predicted octanol–water partition coefficient (Wildman–Crippen LogP) is 1.59. The van der Waals surface area contributed by atoms with Crippen molar-refractivity contribution in [1.82, 2.24) is 9.97 Å². The van der Waals surface area contributed by atoms with Crippen LogP contribution in [0.3, 0.4) is 0 Å². The number of carbonyl (C=O) groups is 1. The van der Waals surface area contributed by atoms with Crippen LogP contribution in [-0.2, 0) is 4.79 Å². The predicted molar refractivity (Wildman–Crippen MR) is 72.2 cm³/mol. The number of rotatable bonds is 4. The Hall–Kier alpha value is -1.56. The molecule has 2 rings (SSSR count). The maximum absolute atomic E-state index is 11.1. The van der Waals surface area contributed by atoms with E-state index in [4.69, 9.17) is 22.1 Å². The number of methoxy groups -OCH3 is 1. The first-order valence-corrected chi connectivity index (χ1v) is 6.60. The van der Waals surface area contributed by atoms with E-state index >= 15 is 0 Å². The summed E-state index contributed by atoms with van der Waals surface area (Å²) in [5.74, 6) is 0.352. The highest BCUT2D eigenvalue weighted by atomic mass is 35.5. The fourth-order valence-electron chi connectivity index (χ4n) is 2.27. The van der Waals surface area contributed by atoms with Gasteiger partial charge in [0.05, 0.1) is 13.3 Å². The van der Waals surface area contributed by atoms with Gasteiger partial charge >= 0.3 is 6.01 Å². The Kier molecular flexibility index (Phi) is 4.42. The van der Waals surface area contributed by atoms with Crippen LogP contribution in [0.1, 0.15) is 25.7 Å². The number of halogens is 1. The number of amides is 1. The van der Waals surface area contributed by atoms with Crippen LogP contribution in [0.4, 0.5) is 5.82 Å². The zero-order chi connectivity index (χ0) is 13.8. The first kappa shape index (κ1) is 13.9. The van der Waals surface area contributed by atoms with Crippen LogP contribution in [0.5, 0.6) is 6.01 Å². The second kappa shape index (κ2) is 6.06. The molecule has 104 valence electrons. The summed E-state index contributed by atoms with van der Waals surface area (Å²) in [6, 6.07) is 0.519. The summed E-state index contributed by atoms with van der Waals surface area (Å²) in [5.41, 5.74) is 5.31. The van der Waals surface area contributed by atoms with Gasteiger partial charge in [-0.1, -0.05) is 11.6 Å². The lowest BCUT2D eigenvalue weighted by atomic mass is 9.85. The van der Waals surface area contributed by atoms with Crippen molar-refractivity contribution in [2.24, 2.45) is 11.7 Å². The largest absolute Gasteiger partial charge is 0.467 e. The SMILES string of the molecule is COc1ncc(Cl)c(NC2CCC(C(N)=O)CC2)n1. The summed E-state index contributed by atoms with van der Waals surface area (Å²) in [5, 5.41) is 3.72. The fraction of sp³-hybridized carbons (Fsp3) is 0.583. The molecule has 3 N–H and O–H groups in total. The van der Waals surface area contributed by atoms with Gasteiger partial charge in [-0.3, -0.25) is 4.79 Å². The highest BCUT2D eigenvalue weighted by Gasteiger charge is 2.25. The molecule has 0 atom stereocenters. The molecule has 6 nitrogen and oxygen atoms in total. The minimum atomic E-state index is -0.208. The number of anilines is 1. The molecule has 1 aromatic rings. The van der Waals surface area contributed by atoms with Gasteiger partial charge in [-0.2, -0.15) is 4.98 Å². The van der Waals surface area contributed by atoms with Gasteiger partial charge in [0.25, 0.3) is 0 Å². The Labute approximate surface area is 116 Å². The number of primary amides is 1. The molecule has 1 aliphatic carbocycles. The normalized spacial score (nSPS) is 22.8. The first-order valence-electron chi connectivity index (χ1n) is 6.22. The Balaban J connectivity index is 1.97. The van der Waals surface area contributed by atoms with E-state index in [1.165, 1.54) is 13.3 Å². The van der Waals surface area contributed by atoms with Crippen LogP contribution in [0, 0.1) is 5.92 Å². The van der Waals surface area contributed by atoms with Gasteiger partial charge in [-0.15, -0.1) is 0 Å². The molecular formula is C12H17ClN4O2. The number of hydrogen-bond donors (Lipinski definition) is 2. The monoisotopic (exact) mass is 284 g/mol. The van der Waals surface area contributed by atoms with E-state index in [1.54, 1.807) is 0 Å². The van der Waals surface area contributed by atoms with Gasteiger partial charge in [0.1, 0.15) is 5.02 Å².